The number of ether oxygens (including phenoxy) is 1. The van der Waals surface area contributed by atoms with Crippen molar-refractivity contribution in [1.82, 2.24) is 4.90 Å². The van der Waals surface area contributed by atoms with Crippen molar-refractivity contribution in [3.8, 4) is 0 Å². The summed E-state index contributed by atoms with van der Waals surface area (Å²) in [6, 6.07) is 10.0. The molecule has 2 rings (SSSR count). The summed E-state index contributed by atoms with van der Waals surface area (Å²) in [5, 5.41) is 0. The minimum Gasteiger partial charge on any atom is -0.461 e. The van der Waals surface area contributed by atoms with Crippen LogP contribution in [0, 0.1) is 5.92 Å². The molecule has 4 nitrogen and oxygen atoms in total. The first-order valence-electron chi connectivity index (χ1n) is 7.19. The molecule has 1 unspecified atom stereocenters. The van der Waals surface area contributed by atoms with Crippen molar-refractivity contribution in [2.75, 3.05) is 19.7 Å². The largest absolute Gasteiger partial charge is 0.461 e. The highest BCUT2D eigenvalue weighted by atomic mass is 16.5. The van der Waals surface area contributed by atoms with Gasteiger partial charge in [-0.1, -0.05) is 36.9 Å². The molecule has 1 atom stereocenters. The van der Waals surface area contributed by atoms with Crippen molar-refractivity contribution in [2.45, 2.75) is 19.8 Å². The van der Waals surface area contributed by atoms with Crippen molar-refractivity contribution in [3.05, 3.63) is 48.0 Å². The first kappa shape index (κ1) is 15.3. The molecule has 1 aromatic rings. The van der Waals surface area contributed by atoms with E-state index in [1.54, 1.807) is 11.8 Å². The van der Waals surface area contributed by atoms with E-state index >= 15 is 0 Å². The molecule has 0 aromatic heterocycles. The molecule has 1 saturated heterocycles. The SMILES string of the molecule is C=C(C)COC(=O)C1CC(=O)N(CCc2ccccc2)C1. The molecule has 1 heterocycles. The third kappa shape index (κ3) is 4.45. The Bertz CT molecular complexity index is 524. The first-order valence-corrected chi connectivity index (χ1v) is 7.19. The minimum absolute atomic E-state index is 0.0307. The average molecular weight is 287 g/mol. The van der Waals surface area contributed by atoms with Crippen LogP contribution in [-0.2, 0) is 20.7 Å². The van der Waals surface area contributed by atoms with Crippen molar-refractivity contribution in [3.63, 3.8) is 0 Å². The fourth-order valence-corrected chi connectivity index (χ4v) is 2.37. The van der Waals surface area contributed by atoms with Crippen molar-refractivity contribution in [2.24, 2.45) is 5.92 Å². The summed E-state index contributed by atoms with van der Waals surface area (Å²) in [6.07, 6.45) is 1.06. The maximum absolute atomic E-state index is 11.9. The van der Waals surface area contributed by atoms with Gasteiger partial charge in [0.15, 0.2) is 0 Å². The fraction of sp³-hybridized carbons (Fsp3) is 0.412. The van der Waals surface area contributed by atoms with Crippen LogP contribution in [0.2, 0.25) is 0 Å². The summed E-state index contributed by atoms with van der Waals surface area (Å²) in [4.78, 5) is 25.6. The summed E-state index contributed by atoms with van der Waals surface area (Å²) in [5.74, 6) is -0.607. The van der Waals surface area contributed by atoms with Gasteiger partial charge >= 0.3 is 5.97 Å². The zero-order chi connectivity index (χ0) is 15.2. The molecule has 4 heteroatoms. The summed E-state index contributed by atoms with van der Waals surface area (Å²) < 4.78 is 5.13. The average Bonchev–Trinajstić information content (AvgIpc) is 2.85. The Morgan fingerprint density at radius 2 is 2.10 bits per heavy atom. The number of rotatable bonds is 6. The smallest absolute Gasteiger partial charge is 0.311 e. The predicted molar refractivity (Wildman–Crippen MR) is 80.6 cm³/mol. The number of esters is 1. The molecule has 0 radical (unpaired) electrons. The van der Waals surface area contributed by atoms with E-state index in [1.807, 2.05) is 30.3 Å². The standard InChI is InChI=1S/C17H21NO3/c1-13(2)12-21-17(20)15-10-16(19)18(11-15)9-8-14-6-4-3-5-7-14/h3-7,15H,1,8-12H2,2H3. The van der Waals surface area contributed by atoms with E-state index in [0.29, 0.717) is 13.1 Å². The van der Waals surface area contributed by atoms with Crippen LogP contribution >= 0.6 is 0 Å². The highest BCUT2D eigenvalue weighted by Gasteiger charge is 2.34. The zero-order valence-electron chi connectivity index (χ0n) is 12.4. The van der Waals surface area contributed by atoms with E-state index < -0.39 is 0 Å². The number of likely N-dealkylation sites (tertiary alicyclic amines) is 1. The topological polar surface area (TPSA) is 46.6 Å². The molecular weight excluding hydrogens is 266 g/mol. The Kier molecular flexibility index (Phi) is 5.14. The molecule has 1 amide bonds. The molecule has 1 aliphatic heterocycles. The van der Waals surface area contributed by atoms with Gasteiger partial charge in [0.05, 0.1) is 5.92 Å². The molecule has 0 N–H and O–H groups in total. The van der Waals surface area contributed by atoms with E-state index in [1.165, 1.54) is 5.56 Å². The van der Waals surface area contributed by atoms with Crippen LogP contribution < -0.4 is 0 Å². The van der Waals surface area contributed by atoms with Gasteiger partial charge in [-0.3, -0.25) is 9.59 Å². The lowest BCUT2D eigenvalue weighted by Crippen LogP contribution is -2.29. The van der Waals surface area contributed by atoms with Crippen LogP contribution in [0.1, 0.15) is 18.9 Å². The fourth-order valence-electron chi connectivity index (χ4n) is 2.37. The lowest BCUT2D eigenvalue weighted by molar-refractivity contribution is -0.147. The predicted octanol–water partition coefficient (Wildman–Crippen LogP) is 2.20. The van der Waals surface area contributed by atoms with Crippen LogP contribution in [-0.4, -0.2) is 36.5 Å². The maximum atomic E-state index is 11.9. The first-order chi connectivity index (χ1) is 10.1. The van der Waals surface area contributed by atoms with Gasteiger partial charge in [-0.15, -0.1) is 0 Å². The van der Waals surface area contributed by atoms with Crippen LogP contribution in [0.3, 0.4) is 0 Å². The highest BCUT2D eigenvalue weighted by Crippen LogP contribution is 2.19. The van der Waals surface area contributed by atoms with Crippen LogP contribution in [0.5, 0.6) is 0 Å². The summed E-state index contributed by atoms with van der Waals surface area (Å²) in [6.45, 7) is 6.83. The zero-order valence-corrected chi connectivity index (χ0v) is 12.4. The third-order valence-electron chi connectivity index (χ3n) is 3.52. The molecule has 0 saturated carbocycles. The molecule has 1 aliphatic rings. The Morgan fingerprint density at radius 1 is 1.38 bits per heavy atom. The summed E-state index contributed by atoms with van der Waals surface area (Å²) >= 11 is 0. The van der Waals surface area contributed by atoms with Gasteiger partial charge in [0.25, 0.3) is 0 Å². The van der Waals surface area contributed by atoms with Gasteiger partial charge < -0.3 is 9.64 Å². The molecule has 1 aromatic carbocycles. The quantitative estimate of drug-likeness (QED) is 0.595. The van der Waals surface area contributed by atoms with Crippen LogP contribution in [0.15, 0.2) is 42.5 Å². The van der Waals surface area contributed by atoms with Gasteiger partial charge in [-0.2, -0.15) is 0 Å². The van der Waals surface area contributed by atoms with Crippen molar-refractivity contribution in [1.29, 1.82) is 0 Å². The Labute approximate surface area is 125 Å². The maximum Gasteiger partial charge on any atom is 0.311 e. The normalized spacial score (nSPS) is 17.9. The Morgan fingerprint density at radius 3 is 2.76 bits per heavy atom. The van der Waals surface area contributed by atoms with E-state index in [0.717, 1.165) is 12.0 Å². The summed E-state index contributed by atoms with van der Waals surface area (Å²) in [7, 11) is 0. The van der Waals surface area contributed by atoms with Gasteiger partial charge in [-0.05, 0) is 24.5 Å². The van der Waals surface area contributed by atoms with E-state index in [-0.39, 0.29) is 30.8 Å². The molecular formula is C17H21NO3. The summed E-state index contributed by atoms with van der Waals surface area (Å²) in [5.41, 5.74) is 1.99. The van der Waals surface area contributed by atoms with Crippen LogP contribution in [0.25, 0.3) is 0 Å². The molecule has 1 fully saturated rings. The second-order valence-corrected chi connectivity index (χ2v) is 5.54. The number of hydrogen-bond donors (Lipinski definition) is 0. The van der Waals surface area contributed by atoms with Crippen LogP contribution in [0.4, 0.5) is 0 Å². The van der Waals surface area contributed by atoms with E-state index in [2.05, 4.69) is 6.58 Å². The Balaban J connectivity index is 1.82. The molecule has 0 bridgehead atoms. The lowest BCUT2D eigenvalue weighted by atomic mass is 10.1. The molecule has 112 valence electrons. The number of carbonyl (C=O) groups is 2. The number of nitrogens with zero attached hydrogens (tertiary/aromatic N) is 1. The van der Waals surface area contributed by atoms with Gasteiger partial charge in [0, 0.05) is 19.5 Å². The van der Waals surface area contributed by atoms with Crippen molar-refractivity contribution < 1.29 is 14.3 Å². The second-order valence-electron chi connectivity index (χ2n) is 5.54. The molecule has 0 spiro atoms. The number of carbonyl (C=O) groups excluding carboxylic acids is 2. The third-order valence-corrected chi connectivity index (χ3v) is 3.52. The van der Waals surface area contributed by atoms with Gasteiger partial charge in [-0.25, -0.2) is 0 Å². The molecule has 21 heavy (non-hydrogen) atoms. The highest BCUT2D eigenvalue weighted by molar-refractivity contribution is 5.86. The number of amides is 1. The second kappa shape index (κ2) is 7.07. The molecule has 0 aliphatic carbocycles. The number of benzene rings is 1. The minimum atomic E-state index is -0.340. The van der Waals surface area contributed by atoms with Gasteiger partial charge in [0.2, 0.25) is 5.91 Å². The number of hydrogen-bond acceptors (Lipinski definition) is 3. The van der Waals surface area contributed by atoms with E-state index in [9.17, 15) is 9.59 Å². The van der Waals surface area contributed by atoms with Crippen molar-refractivity contribution >= 4 is 11.9 Å². The monoisotopic (exact) mass is 287 g/mol. The Hall–Kier alpha value is -2.10. The van der Waals surface area contributed by atoms with Gasteiger partial charge in [0.1, 0.15) is 6.61 Å². The van der Waals surface area contributed by atoms with E-state index in [4.69, 9.17) is 4.74 Å². The lowest BCUT2D eigenvalue weighted by Gasteiger charge is -2.16.